The first-order valence-corrected chi connectivity index (χ1v) is 11.0. The lowest BCUT2D eigenvalue weighted by Gasteiger charge is -2.15. The number of furan rings is 1. The molecule has 4 aromatic rings. The molecule has 3 heterocycles. The quantitative estimate of drug-likeness (QED) is 0.489. The maximum absolute atomic E-state index is 12.7. The number of hydrogen-bond acceptors (Lipinski definition) is 5. The van der Waals surface area contributed by atoms with Crippen LogP contribution in [0.2, 0.25) is 0 Å². The Morgan fingerprint density at radius 1 is 1.13 bits per heavy atom. The minimum absolute atomic E-state index is 0.0252. The minimum atomic E-state index is -0.357. The number of likely N-dealkylation sites (tertiary alicyclic amines) is 1. The second kappa shape index (κ2) is 8.35. The minimum Gasteiger partial charge on any atom is -0.467 e. The molecule has 1 fully saturated rings. The first-order valence-electron chi connectivity index (χ1n) is 10.2. The number of amides is 2. The van der Waals surface area contributed by atoms with Gasteiger partial charge >= 0.3 is 0 Å². The van der Waals surface area contributed by atoms with Crippen molar-refractivity contribution in [3.8, 4) is 0 Å². The number of nitrogens with zero attached hydrogens (tertiary/aromatic N) is 2. The molecule has 0 bridgehead atoms. The number of hydrogen-bond donors (Lipinski definition) is 1. The molecule has 156 valence electrons. The van der Waals surface area contributed by atoms with Crippen LogP contribution in [-0.4, -0.2) is 28.2 Å². The number of rotatable bonds is 6. The van der Waals surface area contributed by atoms with Crippen molar-refractivity contribution in [2.75, 3.05) is 11.9 Å². The molecule has 1 N–H and O–H groups in total. The Morgan fingerprint density at radius 3 is 2.74 bits per heavy atom. The molecule has 2 aromatic heterocycles. The van der Waals surface area contributed by atoms with E-state index in [1.807, 2.05) is 48.5 Å². The largest absolute Gasteiger partial charge is 0.467 e. The molecule has 2 amide bonds. The van der Waals surface area contributed by atoms with Crippen LogP contribution >= 0.6 is 11.3 Å². The van der Waals surface area contributed by atoms with Crippen LogP contribution in [0.1, 0.15) is 22.8 Å². The van der Waals surface area contributed by atoms with Gasteiger partial charge in [-0.25, -0.2) is 4.98 Å². The average molecular weight is 432 g/mol. The Kier molecular flexibility index (Phi) is 5.26. The van der Waals surface area contributed by atoms with Gasteiger partial charge in [0.2, 0.25) is 11.8 Å². The number of para-hydroxylation sites is 1. The number of aromatic nitrogens is 1. The average Bonchev–Trinajstić information content (AvgIpc) is 3.50. The summed E-state index contributed by atoms with van der Waals surface area (Å²) in [6.07, 6.45) is 2.56. The van der Waals surface area contributed by atoms with Crippen molar-refractivity contribution < 1.29 is 14.0 Å². The van der Waals surface area contributed by atoms with Gasteiger partial charge in [-0.1, -0.05) is 24.3 Å². The monoisotopic (exact) mass is 431 g/mol. The second-order valence-corrected chi connectivity index (χ2v) is 8.81. The van der Waals surface area contributed by atoms with Gasteiger partial charge in [-0.05, 0) is 42.0 Å². The highest BCUT2D eigenvalue weighted by atomic mass is 32.1. The molecule has 0 radical (unpaired) electrons. The van der Waals surface area contributed by atoms with Crippen LogP contribution in [0.4, 0.5) is 5.69 Å². The third-order valence-electron chi connectivity index (χ3n) is 5.43. The summed E-state index contributed by atoms with van der Waals surface area (Å²) in [4.78, 5) is 31.3. The van der Waals surface area contributed by atoms with E-state index in [4.69, 9.17) is 4.42 Å². The van der Waals surface area contributed by atoms with Crippen LogP contribution in [0.25, 0.3) is 10.2 Å². The first kappa shape index (κ1) is 19.5. The molecule has 1 unspecified atom stereocenters. The van der Waals surface area contributed by atoms with Gasteiger partial charge in [0.1, 0.15) is 5.76 Å². The zero-order valence-corrected chi connectivity index (χ0v) is 17.6. The Balaban J connectivity index is 1.18. The summed E-state index contributed by atoms with van der Waals surface area (Å²) in [5.41, 5.74) is 2.89. The standard InChI is InChI=1S/C24H21N3O3S/c28-23-13-17(14-27(23)15-19-4-3-11-30-19)24(29)25-18-9-7-16(8-10-18)12-22-26-20-5-1-2-6-21(20)31-22/h1-11,17H,12-15H2,(H,25,29). The Bertz CT molecular complexity index is 1180. The van der Waals surface area contributed by atoms with Gasteiger partial charge in [-0.2, -0.15) is 0 Å². The van der Waals surface area contributed by atoms with Crippen molar-refractivity contribution in [2.45, 2.75) is 19.4 Å². The Morgan fingerprint density at radius 2 is 1.97 bits per heavy atom. The summed E-state index contributed by atoms with van der Waals surface area (Å²) in [5.74, 6) is 0.208. The smallest absolute Gasteiger partial charge is 0.229 e. The SMILES string of the molecule is O=C(Nc1ccc(Cc2nc3ccccc3s2)cc1)C1CC(=O)N(Cc2ccco2)C1. The number of nitrogens with one attached hydrogen (secondary N) is 1. The van der Waals surface area contributed by atoms with Crippen molar-refractivity contribution in [3.63, 3.8) is 0 Å². The lowest BCUT2D eigenvalue weighted by Crippen LogP contribution is -2.27. The Labute approximate surface area is 183 Å². The molecule has 1 saturated heterocycles. The molecule has 2 aromatic carbocycles. The molecule has 0 spiro atoms. The van der Waals surface area contributed by atoms with Crippen LogP contribution in [0.3, 0.4) is 0 Å². The highest BCUT2D eigenvalue weighted by Crippen LogP contribution is 2.25. The molecule has 1 aliphatic heterocycles. The molecule has 7 heteroatoms. The topological polar surface area (TPSA) is 75.4 Å². The molecule has 5 rings (SSSR count). The van der Waals surface area contributed by atoms with E-state index >= 15 is 0 Å². The van der Waals surface area contributed by atoms with E-state index in [1.54, 1.807) is 28.6 Å². The normalized spacial score (nSPS) is 16.2. The molecule has 1 aliphatic rings. The zero-order chi connectivity index (χ0) is 21.2. The van der Waals surface area contributed by atoms with Crippen molar-refractivity contribution >= 4 is 39.1 Å². The Hall–Kier alpha value is -3.45. The molecular formula is C24H21N3O3S. The fourth-order valence-corrected chi connectivity index (χ4v) is 4.81. The van der Waals surface area contributed by atoms with Gasteiger partial charge < -0.3 is 14.6 Å². The van der Waals surface area contributed by atoms with Crippen molar-refractivity contribution in [3.05, 3.63) is 83.3 Å². The summed E-state index contributed by atoms with van der Waals surface area (Å²) in [6, 6.07) is 19.6. The predicted molar refractivity (Wildman–Crippen MR) is 120 cm³/mol. The van der Waals surface area contributed by atoms with Gasteiger partial charge in [-0.15, -0.1) is 11.3 Å². The highest BCUT2D eigenvalue weighted by molar-refractivity contribution is 7.18. The number of thiazole rings is 1. The fraction of sp³-hybridized carbons (Fsp3) is 0.208. The van der Waals surface area contributed by atoms with Crippen molar-refractivity contribution in [1.29, 1.82) is 0 Å². The molecule has 1 atom stereocenters. The molecule has 6 nitrogen and oxygen atoms in total. The van der Waals surface area contributed by atoms with Gasteiger partial charge in [0.15, 0.2) is 0 Å². The molecule has 0 aliphatic carbocycles. The summed E-state index contributed by atoms with van der Waals surface area (Å²) < 4.78 is 6.50. The third-order valence-corrected chi connectivity index (χ3v) is 6.46. The summed E-state index contributed by atoms with van der Waals surface area (Å²) in [5, 5.41) is 4.01. The van der Waals surface area contributed by atoms with E-state index in [-0.39, 0.29) is 24.2 Å². The van der Waals surface area contributed by atoms with Crippen LogP contribution < -0.4 is 5.32 Å². The van der Waals surface area contributed by atoms with E-state index in [2.05, 4.69) is 16.4 Å². The highest BCUT2D eigenvalue weighted by Gasteiger charge is 2.34. The fourth-order valence-electron chi connectivity index (χ4n) is 3.81. The van der Waals surface area contributed by atoms with Gasteiger partial charge in [0.05, 0.1) is 34.0 Å². The number of fused-ring (bicyclic) bond motifs is 1. The number of anilines is 1. The summed E-state index contributed by atoms with van der Waals surface area (Å²) in [7, 11) is 0. The van der Waals surface area contributed by atoms with Crippen LogP contribution in [0.15, 0.2) is 71.3 Å². The van der Waals surface area contributed by atoms with E-state index in [0.717, 1.165) is 34.0 Å². The van der Waals surface area contributed by atoms with Crippen molar-refractivity contribution in [2.24, 2.45) is 5.92 Å². The maximum Gasteiger partial charge on any atom is 0.229 e. The second-order valence-electron chi connectivity index (χ2n) is 7.69. The van der Waals surface area contributed by atoms with E-state index in [1.165, 1.54) is 4.70 Å². The number of carbonyl (C=O) groups excluding carboxylic acids is 2. The number of benzene rings is 2. The number of carbonyl (C=O) groups is 2. The van der Waals surface area contributed by atoms with E-state index in [9.17, 15) is 9.59 Å². The van der Waals surface area contributed by atoms with Crippen LogP contribution in [0.5, 0.6) is 0 Å². The van der Waals surface area contributed by atoms with E-state index < -0.39 is 0 Å². The predicted octanol–water partition coefficient (Wildman–Crippen LogP) is 4.47. The molecule has 0 saturated carbocycles. The van der Waals surface area contributed by atoms with Crippen molar-refractivity contribution in [1.82, 2.24) is 9.88 Å². The lowest BCUT2D eigenvalue weighted by molar-refractivity contribution is -0.128. The van der Waals surface area contributed by atoms with Crippen LogP contribution in [-0.2, 0) is 22.6 Å². The first-order chi connectivity index (χ1) is 15.1. The van der Waals surface area contributed by atoms with Gasteiger partial charge in [-0.3, -0.25) is 9.59 Å². The lowest BCUT2D eigenvalue weighted by atomic mass is 10.1. The third kappa shape index (κ3) is 4.36. The molecule has 31 heavy (non-hydrogen) atoms. The van der Waals surface area contributed by atoms with Crippen LogP contribution in [0, 0.1) is 5.92 Å². The van der Waals surface area contributed by atoms with Gasteiger partial charge in [0.25, 0.3) is 0 Å². The maximum atomic E-state index is 12.7. The summed E-state index contributed by atoms with van der Waals surface area (Å²) >= 11 is 1.70. The zero-order valence-electron chi connectivity index (χ0n) is 16.8. The summed E-state index contributed by atoms with van der Waals surface area (Å²) in [6.45, 7) is 0.803. The molecular weight excluding hydrogens is 410 g/mol. The van der Waals surface area contributed by atoms with Gasteiger partial charge in [0, 0.05) is 25.1 Å². The van der Waals surface area contributed by atoms with E-state index in [0.29, 0.717) is 13.1 Å².